The SMILES string of the molecule is O=C(O)CC1c2cc3ccccc3n2C(=O)N1OCc1ccccc1. The van der Waals surface area contributed by atoms with E-state index in [1.54, 1.807) is 0 Å². The van der Waals surface area contributed by atoms with Crippen molar-refractivity contribution in [1.82, 2.24) is 9.63 Å². The van der Waals surface area contributed by atoms with Crippen LogP contribution in [0.3, 0.4) is 0 Å². The van der Waals surface area contributed by atoms with Gasteiger partial charge >= 0.3 is 12.0 Å². The van der Waals surface area contributed by atoms with Crippen LogP contribution in [0, 0.1) is 0 Å². The zero-order valence-corrected chi connectivity index (χ0v) is 13.3. The minimum atomic E-state index is -0.982. The fourth-order valence-electron chi connectivity index (χ4n) is 3.20. The number of carboxylic acids is 1. The highest BCUT2D eigenvalue weighted by Gasteiger charge is 2.40. The first kappa shape index (κ1) is 15.4. The van der Waals surface area contributed by atoms with Gasteiger partial charge in [0.1, 0.15) is 12.6 Å². The molecule has 6 nitrogen and oxygen atoms in total. The second-order valence-electron chi connectivity index (χ2n) is 5.94. The highest BCUT2D eigenvalue weighted by atomic mass is 16.7. The Hall–Kier alpha value is -3.12. The standard InChI is InChI=1S/C19H16N2O4/c22-18(23)11-17-16-10-14-8-4-5-9-15(14)20(16)19(24)21(17)25-12-13-6-2-1-3-7-13/h1-10,17H,11-12H2,(H,22,23). The Bertz CT molecular complexity index is 948. The Labute approximate surface area is 143 Å². The first-order valence-electron chi connectivity index (χ1n) is 7.98. The highest BCUT2D eigenvalue weighted by molar-refractivity contribution is 5.95. The van der Waals surface area contributed by atoms with Crippen molar-refractivity contribution in [2.24, 2.45) is 0 Å². The molecule has 2 aromatic carbocycles. The molecule has 4 rings (SSSR count). The summed E-state index contributed by atoms with van der Waals surface area (Å²) in [5.41, 5.74) is 2.30. The Morgan fingerprint density at radius 3 is 2.56 bits per heavy atom. The number of aliphatic carboxylic acids is 1. The summed E-state index contributed by atoms with van der Waals surface area (Å²) in [6.07, 6.45) is -0.211. The number of carbonyl (C=O) groups excluding carboxylic acids is 1. The van der Waals surface area contributed by atoms with Gasteiger partial charge < -0.3 is 5.11 Å². The summed E-state index contributed by atoms with van der Waals surface area (Å²) in [4.78, 5) is 29.9. The molecule has 1 aliphatic rings. The molecule has 3 aromatic rings. The average molecular weight is 336 g/mol. The highest BCUT2D eigenvalue weighted by Crippen LogP contribution is 2.37. The van der Waals surface area contributed by atoms with Crippen molar-refractivity contribution < 1.29 is 19.5 Å². The van der Waals surface area contributed by atoms with Crippen LogP contribution in [-0.2, 0) is 16.2 Å². The van der Waals surface area contributed by atoms with Gasteiger partial charge in [0.05, 0.1) is 17.6 Å². The maximum Gasteiger partial charge on any atom is 0.353 e. The average Bonchev–Trinajstić information content (AvgIpc) is 3.10. The fraction of sp³-hybridized carbons (Fsp3) is 0.158. The first-order valence-corrected chi connectivity index (χ1v) is 7.98. The maximum atomic E-state index is 12.9. The molecule has 0 aliphatic carbocycles. The molecule has 0 saturated carbocycles. The van der Waals surface area contributed by atoms with Gasteiger partial charge in [-0.25, -0.2) is 4.79 Å². The molecule has 0 fully saturated rings. The third kappa shape index (κ3) is 2.66. The van der Waals surface area contributed by atoms with Crippen molar-refractivity contribution in [2.45, 2.75) is 19.1 Å². The van der Waals surface area contributed by atoms with E-state index in [0.29, 0.717) is 5.69 Å². The Morgan fingerprint density at radius 2 is 1.80 bits per heavy atom. The van der Waals surface area contributed by atoms with E-state index in [9.17, 15) is 14.7 Å². The summed E-state index contributed by atoms with van der Waals surface area (Å²) in [6.45, 7) is 0.200. The normalized spacial score (nSPS) is 16.4. The summed E-state index contributed by atoms with van der Waals surface area (Å²) < 4.78 is 1.54. The number of benzene rings is 2. The maximum absolute atomic E-state index is 12.9. The summed E-state index contributed by atoms with van der Waals surface area (Å²) in [5, 5.41) is 11.4. The predicted octanol–water partition coefficient (Wildman–Crippen LogP) is 3.57. The van der Waals surface area contributed by atoms with Crippen LogP contribution >= 0.6 is 0 Å². The van der Waals surface area contributed by atoms with Crippen LogP contribution < -0.4 is 0 Å². The molecule has 0 bridgehead atoms. The molecule has 2 heterocycles. The van der Waals surface area contributed by atoms with Gasteiger partial charge in [-0.2, -0.15) is 5.06 Å². The lowest BCUT2D eigenvalue weighted by Crippen LogP contribution is -2.30. The minimum Gasteiger partial charge on any atom is -0.481 e. The van der Waals surface area contributed by atoms with Crippen LogP contribution in [0.2, 0.25) is 0 Å². The van der Waals surface area contributed by atoms with Crippen LogP contribution in [0.25, 0.3) is 10.9 Å². The van der Waals surface area contributed by atoms with E-state index in [1.807, 2.05) is 60.7 Å². The number of aromatic nitrogens is 1. The van der Waals surface area contributed by atoms with E-state index in [-0.39, 0.29) is 19.1 Å². The summed E-state index contributed by atoms with van der Waals surface area (Å²) >= 11 is 0. The molecule has 1 amide bonds. The molecular weight excluding hydrogens is 320 g/mol. The quantitative estimate of drug-likeness (QED) is 0.773. The van der Waals surface area contributed by atoms with Crippen molar-refractivity contribution in [1.29, 1.82) is 0 Å². The molecule has 1 aliphatic heterocycles. The Kier molecular flexibility index (Phi) is 3.74. The summed E-state index contributed by atoms with van der Waals surface area (Å²) in [7, 11) is 0. The lowest BCUT2D eigenvalue weighted by Gasteiger charge is -2.22. The van der Waals surface area contributed by atoms with E-state index in [0.717, 1.165) is 16.5 Å². The van der Waals surface area contributed by atoms with E-state index in [4.69, 9.17) is 4.84 Å². The topological polar surface area (TPSA) is 71.8 Å². The van der Waals surface area contributed by atoms with Crippen molar-refractivity contribution in [3.05, 3.63) is 71.9 Å². The third-order valence-electron chi connectivity index (χ3n) is 4.32. The number of para-hydroxylation sites is 1. The van der Waals surface area contributed by atoms with Crippen LogP contribution in [0.4, 0.5) is 4.79 Å². The summed E-state index contributed by atoms with van der Waals surface area (Å²) in [6, 6.07) is 17.8. The number of nitrogens with zero attached hydrogens (tertiary/aromatic N) is 2. The van der Waals surface area contributed by atoms with E-state index < -0.39 is 12.0 Å². The number of rotatable bonds is 5. The molecule has 1 unspecified atom stereocenters. The number of hydrogen-bond donors (Lipinski definition) is 1. The van der Waals surface area contributed by atoms with Gasteiger partial charge in [0, 0.05) is 5.39 Å². The Balaban J connectivity index is 1.68. The van der Waals surface area contributed by atoms with Gasteiger partial charge in [0.2, 0.25) is 0 Å². The van der Waals surface area contributed by atoms with E-state index in [2.05, 4.69) is 0 Å². The third-order valence-corrected chi connectivity index (χ3v) is 4.32. The fourth-order valence-corrected chi connectivity index (χ4v) is 3.20. The van der Waals surface area contributed by atoms with E-state index >= 15 is 0 Å². The number of carbonyl (C=O) groups is 2. The molecule has 25 heavy (non-hydrogen) atoms. The van der Waals surface area contributed by atoms with Gasteiger partial charge in [0.25, 0.3) is 0 Å². The number of fused-ring (bicyclic) bond motifs is 3. The molecule has 6 heteroatoms. The van der Waals surface area contributed by atoms with Crippen LogP contribution in [0.5, 0.6) is 0 Å². The van der Waals surface area contributed by atoms with Gasteiger partial charge in [0.15, 0.2) is 0 Å². The van der Waals surface area contributed by atoms with Crippen LogP contribution in [0.15, 0.2) is 60.7 Å². The molecule has 1 N–H and O–H groups in total. The minimum absolute atomic E-state index is 0.200. The zero-order valence-electron chi connectivity index (χ0n) is 13.3. The number of hydroxylamine groups is 2. The monoisotopic (exact) mass is 336 g/mol. The molecule has 1 atom stereocenters. The van der Waals surface area contributed by atoms with Gasteiger partial charge in [-0.1, -0.05) is 48.5 Å². The van der Waals surface area contributed by atoms with Crippen LogP contribution in [-0.4, -0.2) is 26.7 Å². The van der Waals surface area contributed by atoms with Crippen molar-refractivity contribution in [3.63, 3.8) is 0 Å². The van der Waals surface area contributed by atoms with Crippen LogP contribution in [0.1, 0.15) is 23.7 Å². The van der Waals surface area contributed by atoms with E-state index in [1.165, 1.54) is 9.63 Å². The second kappa shape index (κ2) is 6.07. The number of carboxylic acid groups (broad SMARTS) is 1. The van der Waals surface area contributed by atoms with Gasteiger partial charge in [-0.05, 0) is 17.7 Å². The molecule has 0 radical (unpaired) electrons. The lowest BCUT2D eigenvalue weighted by molar-refractivity contribution is -0.160. The first-order chi connectivity index (χ1) is 12.1. The van der Waals surface area contributed by atoms with Crippen molar-refractivity contribution in [3.8, 4) is 0 Å². The number of hydrogen-bond acceptors (Lipinski definition) is 3. The Morgan fingerprint density at radius 1 is 1.08 bits per heavy atom. The largest absolute Gasteiger partial charge is 0.481 e. The molecule has 0 saturated heterocycles. The molecular formula is C19H16N2O4. The van der Waals surface area contributed by atoms with Crippen molar-refractivity contribution in [2.75, 3.05) is 0 Å². The predicted molar refractivity (Wildman–Crippen MR) is 90.8 cm³/mol. The zero-order chi connectivity index (χ0) is 17.4. The molecule has 126 valence electrons. The molecule has 0 spiro atoms. The number of amides is 1. The van der Waals surface area contributed by atoms with Crippen molar-refractivity contribution >= 4 is 22.9 Å². The molecule has 1 aromatic heterocycles. The lowest BCUT2D eigenvalue weighted by atomic mass is 10.1. The second-order valence-corrected chi connectivity index (χ2v) is 5.94. The smallest absolute Gasteiger partial charge is 0.353 e. The summed E-state index contributed by atoms with van der Waals surface area (Å²) in [5.74, 6) is -0.982. The van der Waals surface area contributed by atoms with Gasteiger partial charge in [-0.3, -0.25) is 14.2 Å². The van der Waals surface area contributed by atoms with Gasteiger partial charge in [-0.15, -0.1) is 0 Å².